The van der Waals surface area contributed by atoms with Gasteiger partial charge in [-0.2, -0.15) is 9.57 Å². The number of pyridine rings is 1. The minimum atomic E-state index is -3.86. The fourth-order valence-electron chi connectivity index (χ4n) is 1.91. The van der Waals surface area contributed by atoms with Crippen LogP contribution in [-0.2, 0) is 14.8 Å². The fourth-order valence-corrected chi connectivity index (χ4v) is 3.59. The summed E-state index contributed by atoms with van der Waals surface area (Å²) in [7, 11) is -3.86. The van der Waals surface area contributed by atoms with Gasteiger partial charge in [0.15, 0.2) is 5.69 Å². The SMILES string of the molecule is N#Cc1ncccc1S(=O)(=O)N1CCOCC1CO. The highest BCUT2D eigenvalue weighted by Gasteiger charge is 2.35. The first-order valence-electron chi connectivity index (χ1n) is 5.67. The van der Waals surface area contributed by atoms with Gasteiger partial charge in [-0.3, -0.25) is 0 Å². The van der Waals surface area contributed by atoms with E-state index in [0.29, 0.717) is 0 Å². The van der Waals surface area contributed by atoms with Crippen LogP contribution < -0.4 is 0 Å². The molecule has 0 spiro atoms. The van der Waals surface area contributed by atoms with Crippen molar-refractivity contribution in [2.75, 3.05) is 26.4 Å². The van der Waals surface area contributed by atoms with Crippen LogP contribution in [0.25, 0.3) is 0 Å². The predicted octanol–water partition coefficient (Wildman–Crippen LogP) is -0.665. The maximum atomic E-state index is 12.5. The van der Waals surface area contributed by atoms with Crippen LogP contribution in [0.15, 0.2) is 23.2 Å². The highest BCUT2D eigenvalue weighted by Crippen LogP contribution is 2.22. The molecule has 0 aromatic carbocycles. The van der Waals surface area contributed by atoms with Crippen molar-refractivity contribution in [3.05, 3.63) is 24.0 Å². The van der Waals surface area contributed by atoms with Crippen LogP contribution in [0.4, 0.5) is 0 Å². The Labute approximate surface area is 111 Å². The standard InChI is InChI=1S/C11H13N3O4S/c12-6-10-11(2-1-3-13-10)19(16,17)14-4-5-18-8-9(14)7-15/h1-3,9,15H,4-5,7-8H2. The fraction of sp³-hybridized carbons (Fsp3) is 0.455. The molecule has 0 aliphatic carbocycles. The molecule has 1 saturated heterocycles. The van der Waals surface area contributed by atoms with E-state index < -0.39 is 16.1 Å². The second kappa shape index (κ2) is 5.63. The smallest absolute Gasteiger partial charge is 0.246 e. The van der Waals surface area contributed by atoms with E-state index in [4.69, 9.17) is 10.00 Å². The third-order valence-electron chi connectivity index (χ3n) is 2.85. The van der Waals surface area contributed by atoms with Crippen molar-refractivity contribution in [1.29, 1.82) is 5.26 Å². The van der Waals surface area contributed by atoms with Crippen LogP contribution >= 0.6 is 0 Å². The minimum absolute atomic E-state index is 0.137. The van der Waals surface area contributed by atoms with Crippen molar-refractivity contribution in [3.63, 3.8) is 0 Å². The largest absolute Gasteiger partial charge is 0.395 e. The highest BCUT2D eigenvalue weighted by atomic mass is 32.2. The van der Waals surface area contributed by atoms with Gasteiger partial charge in [-0.25, -0.2) is 13.4 Å². The lowest BCUT2D eigenvalue weighted by Gasteiger charge is -2.33. The topological polar surface area (TPSA) is 104 Å². The van der Waals surface area contributed by atoms with Gasteiger partial charge < -0.3 is 9.84 Å². The number of hydrogen-bond donors (Lipinski definition) is 1. The van der Waals surface area contributed by atoms with Crippen LogP contribution in [0.5, 0.6) is 0 Å². The summed E-state index contributed by atoms with van der Waals surface area (Å²) in [4.78, 5) is 3.61. The van der Waals surface area contributed by atoms with Crippen molar-refractivity contribution >= 4 is 10.0 Å². The number of hydrogen-bond acceptors (Lipinski definition) is 6. The molecule has 1 aromatic rings. The van der Waals surface area contributed by atoms with E-state index in [9.17, 15) is 13.5 Å². The Balaban J connectivity index is 2.44. The first-order valence-corrected chi connectivity index (χ1v) is 7.11. The number of nitrogens with zero attached hydrogens (tertiary/aromatic N) is 3. The van der Waals surface area contributed by atoms with Crippen LogP contribution in [0, 0.1) is 11.3 Å². The Morgan fingerprint density at radius 3 is 3.11 bits per heavy atom. The number of sulfonamides is 1. The molecule has 2 heterocycles. The first kappa shape index (κ1) is 13.9. The number of aliphatic hydroxyl groups is 1. The number of aliphatic hydroxyl groups excluding tert-OH is 1. The van der Waals surface area contributed by atoms with Crippen LogP contribution in [-0.4, -0.2) is 55.2 Å². The summed E-state index contributed by atoms with van der Waals surface area (Å²) in [5, 5.41) is 18.2. The van der Waals surface area contributed by atoms with E-state index in [1.165, 1.54) is 18.3 Å². The summed E-state index contributed by atoms with van der Waals surface area (Å²) in [5.41, 5.74) is -0.148. The van der Waals surface area contributed by atoms with Crippen molar-refractivity contribution in [1.82, 2.24) is 9.29 Å². The van der Waals surface area contributed by atoms with Crippen molar-refractivity contribution < 1.29 is 18.3 Å². The number of morpholine rings is 1. The van der Waals surface area contributed by atoms with Crippen LogP contribution in [0.2, 0.25) is 0 Å². The van der Waals surface area contributed by atoms with E-state index in [1.807, 2.05) is 0 Å². The normalized spacial score (nSPS) is 20.9. The van der Waals surface area contributed by atoms with Crippen LogP contribution in [0.3, 0.4) is 0 Å². The van der Waals surface area contributed by atoms with Gasteiger partial charge in [0.2, 0.25) is 10.0 Å². The van der Waals surface area contributed by atoms with Gasteiger partial charge in [-0.1, -0.05) is 0 Å². The summed E-state index contributed by atoms with van der Waals surface area (Å²) < 4.78 is 31.3. The maximum Gasteiger partial charge on any atom is 0.246 e. The number of rotatable bonds is 3. The molecule has 1 aliphatic heterocycles. The van der Waals surface area contributed by atoms with E-state index in [0.717, 1.165) is 4.31 Å². The lowest BCUT2D eigenvalue weighted by molar-refractivity contribution is 0.0109. The highest BCUT2D eigenvalue weighted by molar-refractivity contribution is 7.89. The number of nitriles is 1. The zero-order valence-electron chi connectivity index (χ0n) is 10.1. The van der Waals surface area contributed by atoms with Gasteiger partial charge in [0.05, 0.1) is 25.9 Å². The van der Waals surface area contributed by atoms with Crippen molar-refractivity contribution in [2.24, 2.45) is 0 Å². The third kappa shape index (κ3) is 2.59. The Hall–Kier alpha value is -1.53. The van der Waals surface area contributed by atoms with Gasteiger partial charge >= 0.3 is 0 Å². The van der Waals surface area contributed by atoms with Gasteiger partial charge in [-0.15, -0.1) is 0 Å². The molecule has 1 atom stereocenters. The van der Waals surface area contributed by atoms with Gasteiger partial charge in [0, 0.05) is 12.7 Å². The molecule has 1 fully saturated rings. The third-order valence-corrected chi connectivity index (χ3v) is 4.83. The number of aromatic nitrogens is 1. The van der Waals surface area contributed by atoms with Crippen molar-refractivity contribution in [3.8, 4) is 6.07 Å². The molecule has 8 heteroatoms. The molecular weight excluding hydrogens is 270 g/mol. The van der Waals surface area contributed by atoms with E-state index in [2.05, 4.69) is 4.98 Å². The molecular formula is C11H13N3O4S. The van der Waals surface area contributed by atoms with Gasteiger partial charge in [0.25, 0.3) is 0 Å². The van der Waals surface area contributed by atoms with Gasteiger partial charge in [-0.05, 0) is 12.1 Å². The molecule has 2 rings (SSSR count). The first-order chi connectivity index (χ1) is 9.11. The summed E-state index contributed by atoms with van der Waals surface area (Å²) in [6, 6.07) is 3.93. The molecule has 102 valence electrons. The summed E-state index contributed by atoms with van der Waals surface area (Å²) in [5.74, 6) is 0. The summed E-state index contributed by atoms with van der Waals surface area (Å²) in [6.45, 7) is 0.213. The Morgan fingerprint density at radius 2 is 2.42 bits per heavy atom. The molecule has 0 amide bonds. The van der Waals surface area contributed by atoms with E-state index >= 15 is 0 Å². The zero-order chi connectivity index (χ0) is 13.9. The monoisotopic (exact) mass is 283 g/mol. The minimum Gasteiger partial charge on any atom is -0.395 e. The molecule has 0 radical (unpaired) electrons. The average Bonchev–Trinajstić information content (AvgIpc) is 2.47. The Morgan fingerprint density at radius 1 is 1.63 bits per heavy atom. The molecule has 7 nitrogen and oxygen atoms in total. The predicted molar refractivity (Wildman–Crippen MR) is 64.5 cm³/mol. The molecule has 1 N–H and O–H groups in total. The Kier molecular flexibility index (Phi) is 4.11. The second-order valence-corrected chi connectivity index (χ2v) is 5.85. The molecule has 1 unspecified atom stereocenters. The molecule has 0 saturated carbocycles. The summed E-state index contributed by atoms with van der Waals surface area (Å²) >= 11 is 0. The number of ether oxygens (including phenoxy) is 1. The zero-order valence-corrected chi connectivity index (χ0v) is 10.9. The second-order valence-electron chi connectivity index (χ2n) is 3.99. The summed E-state index contributed by atoms with van der Waals surface area (Å²) in [6.07, 6.45) is 1.36. The van der Waals surface area contributed by atoms with Gasteiger partial charge in [0.1, 0.15) is 11.0 Å². The molecule has 0 bridgehead atoms. The maximum absolute atomic E-state index is 12.5. The van der Waals surface area contributed by atoms with E-state index in [1.54, 1.807) is 6.07 Å². The molecule has 1 aromatic heterocycles. The lowest BCUT2D eigenvalue weighted by Crippen LogP contribution is -2.50. The molecule has 19 heavy (non-hydrogen) atoms. The quantitative estimate of drug-likeness (QED) is 0.789. The molecule has 1 aliphatic rings. The lowest BCUT2D eigenvalue weighted by atomic mass is 10.3. The van der Waals surface area contributed by atoms with E-state index in [-0.39, 0.29) is 37.0 Å². The Bertz CT molecular complexity index is 596. The van der Waals surface area contributed by atoms with Crippen LogP contribution in [0.1, 0.15) is 5.69 Å². The van der Waals surface area contributed by atoms with Crippen molar-refractivity contribution in [2.45, 2.75) is 10.9 Å². The average molecular weight is 283 g/mol.